The van der Waals surface area contributed by atoms with Crippen LogP contribution < -0.4 is 4.87 Å². The summed E-state index contributed by atoms with van der Waals surface area (Å²) in [4.78, 5) is 22.3. The molecule has 0 saturated heterocycles. The summed E-state index contributed by atoms with van der Waals surface area (Å²) < 4.78 is 0.810. The molecule has 7 nitrogen and oxygen atoms in total. The average Bonchev–Trinajstić information content (AvgIpc) is 3.09. The molecule has 0 bridgehead atoms. The van der Waals surface area contributed by atoms with Gasteiger partial charge in [0.05, 0.1) is 11.1 Å². The van der Waals surface area contributed by atoms with E-state index in [1.807, 2.05) is 30.3 Å². The summed E-state index contributed by atoms with van der Waals surface area (Å²) in [7, 11) is 0. The predicted octanol–water partition coefficient (Wildman–Crippen LogP) is 1.57. The molecule has 1 aliphatic heterocycles. The Hall–Kier alpha value is -3.00. The quantitative estimate of drug-likeness (QED) is 0.888. The van der Waals surface area contributed by atoms with Crippen molar-refractivity contribution < 1.29 is 15.0 Å². The van der Waals surface area contributed by atoms with Crippen molar-refractivity contribution in [3.05, 3.63) is 56.0 Å². The van der Waals surface area contributed by atoms with Crippen molar-refractivity contribution in [2.45, 2.75) is 6.54 Å². The van der Waals surface area contributed by atoms with Crippen LogP contribution in [0.25, 0.3) is 6.08 Å². The number of allylic oxidation sites excluding steroid dienone is 1. The molecule has 2 aromatic rings. The zero-order valence-corrected chi connectivity index (χ0v) is 12.5. The number of thiazole rings is 1. The highest BCUT2D eigenvalue weighted by Gasteiger charge is 2.18. The molecule has 1 aliphatic rings. The van der Waals surface area contributed by atoms with Gasteiger partial charge in [-0.3, -0.25) is 14.2 Å². The zero-order valence-electron chi connectivity index (χ0n) is 11.7. The van der Waals surface area contributed by atoms with Crippen molar-refractivity contribution in [1.82, 2.24) is 4.57 Å². The molecule has 0 aliphatic carbocycles. The van der Waals surface area contributed by atoms with E-state index in [0.29, 0.717) is 11.3 Å². The Bertz CT molecular complexity index is 907. The van der Waals surface area contributed by atoms with E-state index in [1.54, 1.807) is 6.08 Å². The number of aliphatic carboxylic acids is 1. The van der Waals surface area contributed by atoms with Crippen LogP contribution in [0.4, 0.5) is 0 Å². The Labute approximate surface area is 134 Å². The molecule has 0 saturated carbocycles. The lowest BCUT2D eigenvalue weighted by molar-refractivity contribution is -0.137. The summed E-state index contributed by atoms with van der Waals surface area (Å²) in [5.41, 5.74) is 2.11. The van der Waals surface area contributed by atoms with Gasteiger partial charge in [0, 0.05) is 11.1 Å². The van der Waals surface area contributed by atoms with Gasteiger partial charge in [-0.25, -0.2) is 0 Å². The van der Waals surface area contributed by atoms with E-state index in [1.165, 1.54) is 6.21 Å². The second-order valence-corrected chi connectivity index (χ2v) is 5.69. The van der Waals surface area contributed by atoms with Crippen LogP contribution in [-0.2, 0) is 11.3 Å². The molecule has 0 atom stereocenters. The Morgan fingerprint density at radius 2 is 2.04 bits per heavy atom. The molecule has 8 heteroatoms. The fourth-order valence-electron chi connectivity index (χ4n) is 2.12. The number of aromatic hydroxyl groups is 1. The predicted molar refractivity (Wildman–Crippen MR) is 87.3 cm³/mol. The normalized spacial score (nSPS) is 15.1. The van der Waals surface area contributed by atoms with Crippen molar-refractivity contribution in [1.29, 1.82) is 0 Å². The standard InChI is InChI=1S/C15H11N3O4S/c19-12(20)8-18-14(21)11(23-15(18)22)6-10-7-16-17-13(10)9-4-2-1-3-5-9/h1-7,21H,8H2,(H,19,20)/b10-6+. The maximum absolute atomic E-state index is 11.8. The van der Waals surface area contributed by atoms with Crippen LogP contribution in [0.5, 0.6) is 5.88 Å². The van der Waals surface area contributed by atoms with Gasteiger partial charge in [-0.2, -0.15) is 5.10 Å². The van der Waals surface area contributed by atoms with Crippen LogP contribution in [0.15, 0.2) is 50.9 Å². The number of carbonyl (C=O) groups is 1. The van der Waals surface area contributed by atoms with Crippen LogP contribution in [-0.4, -0.2) is 32.7 Å². The summed E-state index contributed by atoms with van der Waals surface area (Å²) in [6.07, 6.45) is 3.09. The van der Waals surface area contributed by atoms with Gasteiger partial charge in [-0.15, -0.1) is 5.10 Å². The average molecular weight is 329 g/mol. The van der Waals surface area contributed by atoms with Gasteiger partial charge in [0.2, 0.25) is 5.88 Å². The minimum Gasteiger partial charge on any atom is -0.493 e. The summed E-state index contributed by atoms with van der Waals surface area (Å²) >= 11 is 0.768. The minimum absolute atomic E-state index is 0.267. The van der Waals surface area contributed by atoms with E-state index in [9.17, 15) is 14.7 Å². The number of carboxylic acids is 1. The molecule has 1 aromatic carbocycles. The topological polar surface area (TPSA) is 104 Å². The van der Waals surface area contributed by atoms with Gasteiger partial charge in [0.25, 0.3) is 0 Å². The third-order valence-electron chi connectivity index (χ3n) is 3.15. The third-order valence-corrected chi connectivity index (χ3v) is 4.06. The number of benzene rings is 1. The van der Waals surface area contributed by atoms with Crippen molar-refractivity contribution in [2.75, 3.05) is 0 Å². The summed E-state index contributed by atoms with van der Waals surface area (Å²) in [5.74, 6) is -1.57. The van der Waals surface area contributed by atoms with Crippen molar-refractivity contribution >= 4 is 35.3 Å². The number of hydrogen-bond donors (Lipinski definition) is 2. The molecule has 23 heavy (non-hydrogen) atoms. The summed E-state index contributed by atoms with van der Waals surface area (Å²) in [6.45, 7) is -0.585. The van der Waals surface area contributed by atoms with Gasteiger partial charge in [0.1, 0.15) is 12.3 Å². The van der Waals surface area contributed by atoms with E-state index in [4.69, 9.17) is 5.11 Å². The van der Waals surface area contributed by atoms with E-state index in [2.05, 4.69) is 10.2 Å². The fraction of sp³-hybridized carbons (Fsp3) is 0.0667. The maximum atomic E-state index is 11.8. The van der Waals surface area contributed by atoms with E-state index < -0.39 is 17.4 Å². The Morgan fingerprint density at radius 1 is 1.30 bits per heavy atom. The number of nitrogens with zero attached hydrogens (tertiary/aromatic N) is 3. The number of hydrogen-bond acceptors (Lipinski definition) is 6. The number of aromatic nitrogens is 1. The van der Waals surface area contributed by atoms with Crippen LogP contribution in [0.1, 0.15) is 10.4 Å². The van der Waals surface area contributed by atoms with Crippen LogP contribution in [0.2, 0.25) is 0 Å². The molecule has 3 rings (SSSR count). The highest BCUT2D eigenvalue weighted by molar-refractivity contribution is 7.10. The number of rotatable bonds is 4. The molecule has 1 aromatic heterocycles. The van der Waals surface area contributed by atoms with Crippen LogP contribution >= 0.6 is 11.3 Å². The van der Waals surface area contributed by atoms with Gasteiger partial charge < -0.3 is 10.2 Å². The first-order chi connectivity index (χ1) is 11.1. The first kappa shape index (κ1) is 14.9. The van der Waals surface area contributed by atoms with Crippen molar-refractivity contribution in [2.24, 2.45) is 10.2 Å². The maximum Gasteiger partial charge on any atom is 0.323 e. The molecule has 2 heterocycles. The fourth-order valence-corrected chi connectivity index (χ4v) is 2.95. The van der Waals surface area contributed by atoms with Gasteiger partial charge >= 0.3 is 10.8 Å². The lowest BCUT2D eigenvalue weighted by Crippen LogP contribution is -2.18. The summed E-state index contributed by atoms with van der Waals surface area (Å²) in [6, 6.07) is 9.37. The minimum atomic E-state index is -1.20. The Morgan fingerprint density at radius 3 is 2.74 bits per heavy atom. The first-order valence-corrected chi connectivity index (χ1v) is 7.41. The van der Waals surface area contributed by atoms with Gasteiger partial charge in [0.15, 0.2) is 0 Å². The molecular formula is C15H11N3O4S. The largest absolute Gasteiger partial charge is 0.493 e. The van der Waals surface area contributed by atoms with Gasteiger partial charge in [-0.1, -0.05) is 41.7 Å². The zero-order chi connectivity index (χ0) is 16.4. The molecule has 116 valence electrons. The van der Waals surface area contributed by atoms with Crippen LogP contribution in [0.3, 0.4) is 0 Å². The van der Waals surface area contributed by atoms with Crippen LogP contribution in [0, 0.1) is 0 Å². The van der Waals surface area contributed by atoms with E-state index >= 15 is 0 Å². The highest BCUT2D eigenvalue weighted by atomic mass is 32.1. The smallest absolute Gasteiger partial charge is 0.323 e. The molecule has 0 amide bonds. The van der Waals surface area contributed by atoms with E-state index in [0.717, 1.165) is 21.5 Å². The second-order valence-electron chi connectivity index (χ2n) is 4.69. The molecule has 0 fully saturated rings. The van der Waals surface area contributed by atoms with Crippen molar-refractivity contribution in [3.63, 3.8) is 0 Å². The highest BCUT2D eigenvalue weighted by Crippen LogP contribution is 2.25. The molecule has 2 N–H and O–H groups in total. The Balaban J connectivity index is 1.99. The number of carboxylic acid groups (broad SMARTS) is 1. The van der Waals surface area contributed by atoms with E-state index in [-0.39, 0.29) is 10.8 Å². The molecular weight excluding hydrogens is 318 g/mol. The monoisotopic (exact) mass is 329 g/mol. The lowest BCUT2D eigenvalue weighted by atomic mass is 10.0. The molecule has 0 radical (unpaired) electrons. The Kier molecular flexibility index (Phi) is 3.90. The SMILES string of the molecule is O=C(O)Cn1c(O)c(/C=C2\C=NN=C2c2ccccc2)sc1=O. The summed E-state index contributed by atoms with van der Waals surface area (Å²) in [5, 5.41) is 26.8. The molecule has 0 unspecified atom stereocenters. The first-order valence-electron chi connectivity index (χ1n) is 6.59. The lowest BCUT2D eigenvalue weighted by Gasteiger charge is -2.02. The molecule has 0 spiro atoms. The van der Waals surface area contributed by atoms with Crippen molar-refractivity contribution in [3.8, 4) is 5.88 Å². The van der Waals surface area contributed by atoms with Gasteiger partial charge in [-0.05, 0) is 6.08 Å². The second kappa shape index (κ2) is 6.01. The third kappa shape index (κ3) is 2.97.